The van der Waals surface area contributed by atoms with Crippen LogP contribution in [0, 0.1) is 5.41 Å². The van der Waals surface area contributed by atoms with Gasteiger partial charge in [-0.15, -0.1) is 0 Å². The molecule has 0 unspecified atom stereocenters. The molecular weight excluding hydrogens is 224 g/mol. The Bertz CT molecular complexity index is 356. The number of benzene rings is 1. The lowest BCUT2D eigenvalue weighted by Gasteiger charge is -2.16. The lowest BCUT2D eigenvalue weighted by molar-refractivity contribution is -0.142. The molecule has 0 heterocycles. The van der Waals surface area contributed by atoms with Gasteiger partial charge in [0.1, 0.15) is 5.75 Å². The zero-order valence-electron chi connectivity index (χ0n) is 12.7. The van der Waals surface area contributed by atoms with Crippen LogP contribution in [0.1, 0.15) is 59.9 Å². The van der Waals surface area contributed by atoms with Crippen LogP contribution in [0.15, 0.2) is 24.3 Å². The van der Waals surface area contributed by atoms with Gasteiger partial charge in [0.15, 0.2) is 0 Å². The molecule has 0 N–H and O–H groups in total. The number of ether oxygens (including phenoxy) is 1. The van der Waals surface area contributed by atoms with Gasteiger partial charge in [-0.3, -0.25) is 4.79 Å². The minimum atomic E-state index is -0.462. The zero-order chi connectivity index (χ0) is 14.3. The molecule has 1 aromatic rings. The average Bonchev–Trinajstić information content (AvgIpc) is 2.31. The van der Waals surface area contributed by atoms with Crippen LogP contribution >= 0.6 is 0 Å². The molecular formula is C16H26O2. The Labute approximate surface area is 111 Å². The van der Waals surface area contributed by atoms with Crippen molar-refractivity contribution in [3.8, 4) is 5.75 Å². The van der Waals surface area contributed by atoms with E-state index in [1.54, 1.807) is 0 Å². The van der Waals surface area contributed by atoms with E-state index in [2.05, 4.69) is 13.8 Å². The Hall–Kier alpha value is -1.31. The second-order valence-corrected chi connectivity index (χ2v) is 5.36. The van der Waals surface area contributed by atoms with Crippen molar-refractivity contribution < 1.29 is 9.53 Å². The molecule has 0 aromatic heterocycles. The Kier molecular flexibility index (Phi) is 6.67. The van der Waals surface area contributed by atoms with Gasteiger partial charge in [-0.05, 0) is 44.4 Å². The van der Waals surface area contributed by atoms with Crippen LogP contribution in [0.5, 0.6) is 5.75 Å². The minimum absolute atomic E-state index is 0.204. The van der Waals surface area contributed by atoms with Gasteiger partial charge in [0.2, 0.25) is 0 Å². The van der Waals surface area contributed by atoms with Gasteiger partial charge in [-0.1, -0.05) is 39.8 Å². The molecule has 0 spiro atoms. The van der Waals surface area contributed by atoms with E-state index in [1.165, 1.54) is 5.56 Å². The molecule has 0 aliphatic rings. The van der Waals surface area contributed by atoms with Gasteiger partial charge in [-0.25, -0.2) is 0 Å². The maximum atomic E-state index is 11.6. The van der Waals surface area contributed by atoms with Crippen LogP contribution in [0.3, 0.4) is 0 Å². The van der Waals surface area contributed by atoms with E-state index in [0.717, 1.165) is 0 Å². The largest absolute Gasteiger partial charge is 0.426 e. The van der Waals surface area contributed by atoms with Crippen LogP contribution in [0.25, 0.3) is 0 Å². The maximum Gasteiger partial charge on any atom is 0.316 e. The summed E-state index contributed by atoms with van der Waals surface area (Å²) in [7, 11) is 0. The highest BCUT2D eigenvalue weighted by molar-refractivity contribution is 5.77. The van der Waals surface area contributed by atoms with E-state index in [9.17, 15) is 4.79 Å². The van der Waals surface area contributed by atoms with Crippen molar-refractivity contribution in [2.45, 2.75) is 54.4 Å². The fourth-order valence-corrected chi connectivity index (χ4v) is 1.18. The average molecular weight is 250 g/mol. The van der Waals surface area contributed by atoms with Crippen molar-refractivity contribution in [3.63, 3.8) is 0 Å². The molecule has 0 fully saturated rings. The summed E-state index contributed by atoms with van der Waals surface area (Å²) in [5, 5.41) is 0. The summed E-state index contributed by atoms with van der Waals surface area (Å²) in [6.07, 6.45) is 0. The van der Waals surface area contributed by atoms with E-state index in [-0.39, 0.29) is 5.97 Å². The molecule has 1 aromatic carbocycles. The van der Waals surface area contributed by atoms with Gasteiger partial charge in [0, 0.05) is 0 Å². The Morgan fingerprint density at radius 2 is 1.50 bits per heavy atom. The van der Waals surface area contributed by atoms with Crippen LogP contribution < -0.4 is 4.74 Å². The van der Waals surface area contributed by atoms with Crippen molar-refractivity contribution in [3.05, 3.63) is 29.8 Å². The van der Waals surface area contributed by atoms with E-state index in [4.69, 9.17) is 4.74 Å². The van der Waals surface area contributed by atoms with E-state index >= 15 is 0 Å². The number of esters is 1. The van der Waals surface area contributed by atoms with Gasteiger partial charge < -0.3 is 4.74 Å². The number of hydrogen-bond donors (Lipinski definition) is 0. The fraction of sp³-hybridized carbons (Fsp3) is 0.562. The Morgan fingerprint density at radius 1 is 1.06 bits per heavy atom. The molecule has 0 saturated heterocycles. The van der Waals surface area contributed by atoms with Crippen molar-refractivity contribution in [1.82, 2.24) is 0 Å². The molecule has 2 nitrogen and oxygen atoms in total. The van der Waals surface area contributed by atoms with Crippen molar-refractivity contribution in [1.29, 1.82) is 0 Å². The standard InChI is InChI=1S/C14H20O2.C2H6/c1-10(2)11-6-8-12(9-7-11)16-13(15)14(3,4)5;1-2/h6-10H,1-5H3;1-2H3. The monoisotopic (exact) mass is 250 g/mol. The number of carbonyl (C=O) groups excluding carboxylic acids is 1. The third-order valence-corrected chi connectivity index (χ3v) is 2.37. The zero-order valence-corrected chi connectivity index (χ0v) is 12.7. The first-order chi connectivity index (χ1) is 8.30. The first kappa shape index (κ1) is 16.7. The highest BCUT2D eigenvalue weighted by atomic mass is 16.5. The molecule has 0 radical (unpaired) electrons. The van der Waals surface area contributed by atoms with Gasteiger partial charge in [-0.2, -0.15) is 0 Å². The summed E-state index contributed by atoms with van der Waals surface area (Å²) in [5.41, 5.74) is 0.784. The Balaban J connectivity index is 0.00000137. The Morgan fingerprint density at radius 3 is 1.83 bits per heavy atom. The molecule has 102 valence electrons. The summed E-state index contributed by atoms with van der Waals surface area (Å²) in [6, 6.07) is 7.68. The minimum Gasteiger partial charge on any atom is -0.426 e. The van der Waals surface area contributed by atoms with E-state index < -0.39 is 5.41 Å². The number of rotatable bonds is 2. The first-order valence-corrected chi connectivity index (χ1v) is 6.63. The summed E-state index contributed by atoms with van der Waals surface area (Å²) in [5.74, 6) is 0.904. The van der Waals surface area contributed by atoms with Gasteiger partial charge >= 0.3 is 5.97 Å². The number of hydrogen-bond acceptors (Lipinski definition) is 2. The molecule has 0 saturated carbocycles. The molecule has 2 heteroatoms. The quantitative estimate of drug-likeness (QED) is 0.557. The van der Waals surface area contributed by atoms with Gasteiger partial charge in [0.25, 0.3) is 0 Å². The number of carbonyl (C=O) groups is 1. The van der Waals surface area contributed by atoms with Crippen LogP contribution in [0.4, 0.5) is 0 Å². The highest BCUT2D eigenvalue weighted by Crippen LogP contribution is 2.22. The molecule has 0 atom stereocenters. The predicted octanol–water partition coefficient (Wildman–Crippen LogP) is 4.79. The molecule has 1 rings (SSSR count). The molecule has 0 amide bonds. The topological polar surface area (TPSA) is 26.3 Å². The van der Waals surface area contributed by atoms with Gasteiger partial charge in [0.05, 0.1) is 5.41 Å². The second kappa shape index (κ2) is 7.20. The lowest BCUT2D eigenvalue weighted by Crippen LogP contribution is -2.25. The smallest absolute Gasteiger partial charge is 0.316 e. The van der Waals surface area contributed by atoms with Crippen molar-refractivity contribution in [2.24, 2.45) is 5.41 Å². The SMILES string of the molecule is CC.CC(C)c1ccc(OC(=O)C(C)(C)C)cc1. The predicted molar refractivity (Wildman–Crippen MR) is 77.0 cm³/mol. The van der Waals surface area contributed by atoms with Crippen molar-refractivity contribution >= 4 is 5.97 Å². The van der Waals surface area contributed by atoms with Crippen molar-refractivity contribution in [2.75, 3.05) is 0 Å². The summed E-state index contributed by atoms with van der Waals surface area (Å²) < 4.78 is 5.27. The highest BCUT2D eigenvalue weighted by Gasteiger charge is 2.23. The summed E-state index contributed by atoms with van der Waals surface area (Å²) >= 11 is 0. The maximum absolute atomic E-state index is 11.6. The van der Waals surface area contributed by atoms with Crippen LogP contribution in [0.2, 0.25) is 0 Å². The molecule has 0 bridgehead atoms. The molecule has 0 aliphatic carbocycles. The molecule has 0 aliphatic heterocycles. The molecule has 18 heavy (non-hydrogen) atoms. The first-order valence-electron chi connectivity index (χ1n) is 6.63. The third-order valence-electron chi connectivity index (χ3n) is 2.37. The fourth-order valence-electron chi connectivity index (χ4n) is 1.18. The van der Waals surface area contributed by atoms with Crippen LogP contribution in [-0.4, -0.2) is 5.97 Å². The normalized spacial score (nSPS) is 10.7. The third kappa shape index (κ3) is 5.35. The van der Waals surface area contributed by atoms with E-state index in [1.807, 2.05) is 58.9 Å². The van der Waals surface area contributed by atoms with Crippen LogP contribution in [-0.2, 0) is 4.79 Å². The summed E-state index contributed by atoms with van der Waals surface area (Å²) in [6.45, 7) is 13.8. The second-order valence-electron chi connectivity index (χ2n) is 5.36. The lowest BCUT2D eigenvalue weighted by atomic mass is 9.97. The summed E-state index contributed by atoms with van der Waals surface area (Å²) in [4.78, 5) is 11.6. The van der Waals surface area contributed by atoms with E-state index in [0.29, 0.717) is 11.7 Å².